The zero-order valence-corrected chi connectivity index (χ0v) is 14.0. The maximum absolute atomic E-state index is 13.6. The van der Waals surface area contributed by atoms with Gasteiger partial charge >= 0.3 is 6.18 Å². The van der Waals surface area contributed by atoms with E-state index in [1.807, 2.05) is 12.1 Å². The second-order valence-corrected chi connectivity index (χ2v) is 7.41. The van der Waals surface area contributed by atoms with Gasteiger partial charge in [-0.25, -0.2) is 17.5 Å². The van der Waals surface area contributed by atoms with Crippen LogP contribution in [0.4, 0.5) is 17.6 Å². The predicted octanol–water partition coefficient (Wildman–Crippen LogP) is 4.48. The molecule has 0 heterocycles. The van der Waals surface area contributed by atoms with Crippen LogP contribution in [0.1, 0.15) is 11.1 Å². The van der Waals surface area contributed by atoms with Gasteiger partial charge in [0.15, 0.2) is 0 Å². The van der Waals surface area contributed by atoms with Gasteiger partial charge in [0, 0.05) is 6.54 Å². The minimum absolute atomic E-state index is 0.0172. The average Bonchev–Trinajstić information content (AvgIpc) is 2.58. The van der Waals surface area contributed by atoms with E-state index in [0.29, 0.717) is 12.1 Å². The van der Waals surface area contributed by atoms with Crippen LogP contribution in [-0.2, 0) is 22.7 Å². The quantitative estimate of drug-likeness (QED) is 0.676. The number of sulfonamides is 1. The molecule has 0 amide bonds. The predicted molar refractivity (Wildman–Crippen MR) is 89.4 cm³/mol. The highest BCUT2D eigenvalue weighted by Gasteiger charge is 2.33. The first-order valence-corrected chi connectivity index (χ1v) is 8.99. The lowest BCUT2D eigenvalue weighted by atomic mass is 10.1. The standard InChI is InChI=1S/C18H13F4NO2S/c19-17-9-12(5-8-16(17)18(20,21)22)11-23-26(24,25)15-7-6-13-3-1-2-4-14(13)10-15/h1-10,23H,11H2. The molecule has 0 saturated carbocycles. The van der Waals surface area contributed by atoms with Gasteiger partial charge in [0.1, 0.15) is 5.82 Å². The molecule has 0 atom stereocenters. The van der Waals surface area contributed by atoms with Crippen molar-refractivity contribution >= 4 is 20.8 Å². The topological polar surface area (TPSA) is 46.2 Å². The van der Waals surface area contributed by atoms with Gasteiger partial charge in [-0.3, -0.25) is 0 Å². The van der Waals surface area contributed by atoms with Crippen LogP contribution in [0.5, 0.6) is 0 Å². The van der Waals surface area contributed by atoms with Crippen LogP contribution >= 0.6 is 0 Å². The number of benzene rings is 3. The third-order valence-electron chi connectivity index (χ3n) is 3.84. The summed E-state index contributed by atoms with van der Waals surface area (Å²) in [5.41, 5.74) is -1.31. The number of nitrogens with one attached hydrogen (secondary N) is 1. The molecule has 0 unspecified atom stereocenters. The third kappa shape index (κ3) is 3.86. The van der Waals surface area contributed by atoms with E-state index >= 15 is 0 Å². The number of rotatable bonds is 4. The van der Waals surface area contributed by atoms with E-state index in [-0.39, 0.29) is 17.0 Å². The summed E-state index contributed by atoms with van der Waals surface area (Å²) in [4.78, 5) is 0.0172. The molecule has 3 rings (SSSR count). The summed E-state index contributed by atoms with van der Waals surface area (Å²) in [5, 5.41) is 1.60. The minimum Gasteiger partial charge on any atom is -0.207 e. The highest BCUT2D eigenvalue weighted by Crippen LogP contribution is 2.31. The molecule has 0 aliphatic heterocycles. The summed E-state index contributed by atoms with van der Waals surface area (Å²) in [7, 11) is -3.90. The fourth-order valence-corrected chi connectivity index (χ4v) is 3.55. The summed E-state index contributed by atoms with van der Waals surface area (Å²) < 4.78 is 78.2. The highest BCUT2D eigenvalue weighted by molar-refractivity contribution is 7.89. The molecule has 8 heteroatoms. The second-order valence-electron chi connectivity index (χ2n) is 5.65. The fraction of sp³-hybridized carbons (Fsp3) is 0.111. The maximum Gasteiger partial charge on any atom is 0.419 e. The molecule has 0 fully saturated rings. The van der Waals surface area contributed by atoms with Crippen LogP contribution in [0.25, 0.3) is 10.8 Å². The van der Waals surface area contributed by atoms with Gasteiger partial charge in [0.05, 0.1) is 10.5 Å². The van der Waals surface area contributed by atoms with E-state index in [9.17, 15) is 26.0 Å². The summed E-state index contributed by atoms with van der Waals surface area (Å²) in [6.45, 7) is -0.329. The molecule has 0 aliphatic rings. The molecule has 3 aromatic carbocycles. The normalized spacial score (nSPS) is 12.5. The molecule has 1 N–H and O–H groups in total. The van der Waals surface area contributed by atoms with Crippen LogP contribution in [-0.4, -0.2) is 8.42 Å². The molecule has 0 spiro atoms. The summed E-state index contributed by atoms with van der Waals surface area (Å²) in [6, 6.07) is 14.1. The van der Waals surface area contributed by atoms with Crippen molar-refractivity contribution < 1.29 is 26.0 Å². The zero-order chi connectivity index (χ0) is 18.9. The molecular formula is C18H13F4NO2S. The van der Waals surface area contributed by atoms with E-state index in [1.54, 1.807) is 18.2 Å². The van der Waals surface area contributed by atoms with E-state index in [0.717, 1.165) is 16.8 Å². The Morgan fingerprint density at radius 1 is 0.885 bits per heavy atom. The largest absolute Gasteiger partial charge is 0.419 e. The van der Waals surface area contributed by atoms with E-state index in [2.05, 4.69) is 4.72 Å². The Balaban J connectivity index is 1.80. The number of alkyl halides is 3. The van der Waals surface area contributed by atoms with Crippen molar-refractivity contribution in [3.63, 3.8) is 0 Å². The Morgan fingerprint density at radius 3 is 2.23 bits per heavy atom. The molecule has 0 aliphatic carbocycles. The first-order valence-electron chi connectivity index (χ1n) is 7.51. The molecule has 26 heavy (non-hydrogen) atoms. The molecule has 136 valence electrons. The van der Waals surface area contributed by atoms with Crippen LogP contribution in [0, 0.1) is 5.82 Å². The van der Waals surface area contributed by atoms with Crippen LogP contribution in [0.2, 0.25) is 0 Å². The summed E-state index contributed by atoms with van der Waals surface area (Å²) >= 11 is 0. The molecule has 3 nitrogen and oxygen atoms in total. The van der Waals surface area contributed by atoms with Gasteiger partial charge in [0.2, 0.25) is 10.0 Å². The van der Waals surface area contributed by atoms with Crippen molar-refractivity contribution in [1.29, 1.82) is 0 Å². The Kier molecular flexibility index (Phi) is 4.72. The maximum atomic E-state index is 13.6. The average molecular weight is 383 g/mol. The molecule has 0 saturated heterocycles. The number of fused-ring (bicyclic) bond motifs is 1. The monoisotopic (exact) mass is 383 g/mol. The van der Waals surface area contributed by atoms with Gasteiger partial charge in [-0.15, -0.1) is 0 Å². The van der Waals surface area contributed by atoms with Crippen molar-refractivity contribution in [2.45, 2.75) is 17.6 Å². The smallest absolute Gasteiger partial charge is 0.207 e. The van der Waals surface area contributed by atoms with Crippen molar-refractivity contribution in [3.05, 3.63) is 77.6 Å². The third-order valence-corrected chi connectivity index (χ3v) is 5.24. The Bertz CT molecular complexity index is 1060. The summed E-state index contributed by atoms with van der Waals surface area (Å²) in [5.74, 6) is -1.44. The minimum atomic E-state index is -4.80. The van der Waals surface area contributed by atoms with Crippen LogP contribution in [0.3, 0.4) is 0 Å². The van der Waals surface area contributed by atoms with Gasteiger partial charge < -0.3 is 0 Å². The van der Waals surface area contributed by atoms with Gasteiger partial charge in [0.25, 0.3) is 0 Å². The lowest BCUT2D eigenvalue weighted by Crippen LogP contribution is -2.23. The van der Waals surface area contributed by atoms with Crippen LogP contribution in [0.15, 0.2) is 65.6 Å². The SMILES string of the molecule is O=S(=O)(NCc1ccc(C(F)(F)F)c(F)c1)c1ccc2ccccc2c1. The van der Waals surface area contributed by atoms with E-state index in [4.69, 9.17) is 0 Å². The second kappa shape index (κ2) is 6.69. The van der Waals surface area contributed by atoms with E-state index in [1.165, 1.54) is 12.1 Å². The molecule has 0 radical (unpaired) electrons. The zero-order valence-electron chi connectivity index (χ0n) is 13.2. The van der Waals surface area contributed by atoms with Crippen molar-refractivity contribution in [1.82, 2.24) is 4.72 Å². The van der Waals surface area contributed by atoms with Gasteiger partial charge in [-0.05, 0) is 40.6 Å². The number of hydrogen-bond donors (Lipinski definition) is 1. The Labute approximate surface area is 147 Å². The highest BCUT2D eigenvalue weighted by atomic mass is 32.2. The van der Waals surface area contributed by atoms with Crippen LogP contribution < -0.4 is 4.72 Å². The lowest BCUT2D eigenvalue weighted by molar-refractivity contribution is -0.140. The Morgan fingerprint density at radius 2 is 1.58 bits per heavy atom. The number of halogens is 4. The lowest BCUT2D eigenvalue weighted by Gasteiger charge is -2.11. The van der Waals surface area contributed by atoms with Gasteiger partial charge in [-0.1, -0.05) is 36.4 Å². The molecular weight excluding hydrogens is 370 g/mol. The molecule has 0 bridgehead atoms. The first-order chi connectivity index (χ1) is 12.2. The van der Waals surface area contributed by atoms with Crippen molar-refractivity contribution in [3.8, 4) is 0 Å². The van der Waals surface area contributed by atoms with Gasteiger partial charge in [-0.2, -0.15) is 13.2 Å². The Hall–Kier alpha value is -2.45. The molecule has 0 aromatic heterocycles. The fourth-order valence-electron chi connectivity index (χ4n) is 2.49. The molecule has 3 aromatic rings. The number of hydrogen-bond acceptors (Lipinski definition) is 2. The summed E-state index contributed by atoms with van der Waals surface area (Å²) in [6.07, 6.45) is -4.80. The van der Waals surface area contributed by atoms with E-state index < -0.39 is 27.6 Å². The first kappa shape index (κ1) is 18.3. The van der Waals surface area contributed by atoms with Crippen molar-refractivity contribution in [2.24, 2.45) is 0 Å². The van der Waals surface area contributed by atoms with Crippen molar-refractivity contribution in [2.75, 3.05) is 0 Å².